The maximum absolute atomic E-state index is 5.30. The Morgan fingerprint density at radius 3 is 3.10 bits per heavy atom. The lowest BCUT2D eigenvalue weighted by atomic mass is 9.95. The number of hydrogen-bond acceptors (Lipinski definition) is 5. The molecule has 2 heterocycles. The Kier molecular flexibility index (Phi) is 3.25. The van der Waals surface area contributed by atoms with E-state index in [9.17, 15) is 0 Å². The fourth-order valence-corrected chi connectivity index (χ4v) is 4.35. The minimum absolute atomic E-state index is 0.525. The van der Waals surface area contributed by atoms with Crippen LogP contribution in [0.15, 0.2) is 29.4 Å². The van der Waals surface area contributed by atoms with Gasteiger partial charge in [-0.3, -0.25) is 0 Å². The summed E-state index contributed by atoms with van der Waals surface area (Å²) in [5.41, 5.74) is 4.64. The first kappa shape index (κ1) is 13.0. The van der Waals surface area contributed by atoms with Crippen LogP contribution in [0.5, 0.6) is 5.75 Å². The summed E-state index contributed by atoms with van der Waals surface area (Å²) in [5.74, 6) is 1.70. The van der Waals surface area contributed by atoms with E-state index in [1.807, 2.05) is 40.7 Å². The van der Waals surface area contributed by atoms with Crippen LogP contribution < -0.4 is 10.2 Å². The van der Waals surface area contributed by atoms with Gasteiger partial charge in [0.2, 0.25) is 5.16 Å². The van der Waals surface area contributed by atoms with Gasteiger partial charge in [0.25, 0.3) is 0 Å². The largest absolute Gasteiger partial charge is 0.497 e. The number of nitrogens with one attached hydrogen (secondary N) is 1. The number of nitrogens with zero attached hydrogens (tertiary/aromatic N) is 3. The zero-order valence-corrected chi connectivity index (χ0v) is 12.8. The van der Waals surface area contributed by atoms with Gasteiger partial charge in [-0.15, -0.1) is 10.2 Å². The molecule has 1 saturated carbocycles. The third kappa shape index (κ3) is 2.27. The highest BCUT2D eigenvalue weighted by Gasteiger charge is 2.33. The molecule has 0 amide bonds. The second-order valence-electron chi connectivity index (χ2n) is 5.55. The molecule has 0 spiro atoms. The Labute approximate surface area is 128 Å². The van der Waals surface area contributed by atoms with Gasteiger partial charge < -0.3 is 10.2 Å². The summed E-state index contributed by atoms with van der Waals surface area (Å²) in [6.07, 6.45) is 5.13. The molecule has 1 aromatic heterocycles. The van der Waals surface area contributed by atoms with Crippen LogP contribution in [0.25, 0.3) is 11.4 Å². The predicted octanol–water partition coefficient (Wildman–Crippen LogP) is 2.91. The summed E-state index contributed by atoms with van der Waals surface area (Å²) >= 11 is 1.86. The molecule has 4 rings (SSSR count). The van der Waals surface area contributed by atoms with Crippen LogP contribution in [0.1, 0.15) is 25.7 Å². The normalized spacial score (nSPS) is 23.9. The zero-order chi connectivity index (χ0) is 14.2. The van der Waals surface area contributed by atoms with Gasteiger partial charge >= 0.3 is 0 Å². The molecule has 5 nitrogen and oxygen atoms in total. The van der Waals surface area contributed by atoms with E-state index < -0.39 is 0 Å². The van der Waals surface area contributed by atoms with Crippen LogP contribution >= 0.6 is 11.8 Å². The van der Waals surface area contributed by atoms with E-state index in [4.69, 9.17) is 4.74 Å². The molecule has 2 aliphatic rings. The average Bonchev–Trinajstić information content (AvgIpc) is 2.95. The topological polar surface area (TPSA) is 52.0 Å². The first-order valence-electron chi connectivity index (χ1n) is 7.38. The lowest BCUT2D eigenvalue weighted by Gasteiger charge is -2.36. The minimum atomic E-state index is 0.525. The minimum Gasteiger partial charge on any atom is -0.497 e. The summed E-state index contributed by atoms with van der Waals surface area (Å²) in [4.78, 5) is 0. The predicted molar refractivity (Wildman–Crippen MR) is 83.3 cm³/mol. The molecule has 1 aromatic carbocycles. The van der Waals surface area contributed by atoms with E-state index in [2.05, 4.69) is 15.6 Å². The second kappa shape index (κ2) is 5.26. The Balaban J connectivity index is 1.71. The van der Waals surface area contributed by atoms with Gasteiger partial charge in [0.1, 0.15) is 5.75 Å². The van der Waals surface area contributed by atoms with E-state index in [1.54, 1.807) is 7.11 Å². The molecule has 0 saturated heterocycles. The third-order valence-electron chi connectivity index (χ3n) is 4.22. The fourth-order valence-electron chi connectivity index (χ4n) is 3.10. The summed E-state index contributed by atoms with van der Waals surface area (Å²) in [7, 11) is 1.68. The van der Waals surface area contributed by atoms with Crippen LogP contribution in [-0.2, 0) is 0 Å². The molecular weight excluding hydrogens is 284 g/mol. The summed E-state index contributed by atoms with van der Waals surface area (Å²) in [5, 5.41) is 10.3. The lowest BCUT2D eigenvalue weighted by molar-refractivity contribution is 0.415. The number of benzene rings is 1. The Morgan fingerprint density at radius 1 is 1.29 bits per heavy atom. The standard InChI is InChI=1S/C15H18N4OS/c1-20-11-6-4-5-10(9-11)14-16-17-15-19(14)18-12-7-2-3-8-13(12)21-15/h4-6,9,12-13,18H,2-3,7-8H2,1H3. The van der Waals surface area contributed by atoms with Crippen molar-refractivity contribution >= 4 is 11.8 Å². The maximum Gasteiger partial charge on any atom is 0.210 e. The average molecular weight is 302 g/mol. The van der Waals surface area contributed by atoms with Gasteiger partial charge in [0, 0.05) is 10.8 Å². The number of rotatable bonds is 2. The molecule has 2 atom stereocenters. The molecular formula is C15H18N4OS. The quantitative estimate of drug-likeness (QED) is 0.924. The number of fused-ring (bicyclic) bond motifs is 2. The lowest BCUT2D eigenvalue weighted by Crippen LogP contribution is -2.42. The number of thioether (sulfide) groups is 1. The fraction of sp³-hybridized carbons (Fsp3) is 0.467. The number of hydrogen-bond donors (Lipinski definition) is 1. The van der Waals surface area contributed by atoms with Crippen molar-refractivity contribution in [2.75, 3.05) is 12.5 Å². The van der Waals surface area contributed by atoms with Gasteiger partial charge in [-0.25, -0.2) is 4.68 Å². The number of aromatic nitrogens is 3. The molecule has 1 aliphatic carbocycles. The summed E-state index contributed by atoms with van der Waals surface area (Å²) < 4.78 is 7.35. The van der Waals surface area contributed by atoms with Crippen molar-refractivity contribution in [1.82, 2.24) is 14.9 Å². The van der Waals surface area contributed by atoms with Crippen LogP contribution in [0.4, 0.5) is 0 Å². The van der Waals surface area contributed by atoms with Crippen molar-refractivity contribution in [1.29, 1.82) is 0 Å². The summed E-state index contributed by atoms with van der Waals surface area (Å²) in [6, 6.07) is 8.48. The van der Waals surface area contributed by atoms with Crippen LogP contribution in [0.2, 0.25) is 0 Å². The third-order valence-corrected chi connectivity index (χ3v) is 5.56. The Bertz CT molecular complexity index is 657. The van der Waals surface area contributed by atoms with E-state index in [0.29, 0.717) is 11.3 Å². The van der Waals surface area contributed by atoms with Crippen LogP contribution in [0, 0.1) is 0 Å². The highest BCUT2D eigenvalue weighted by atomic mass is 32.2. The Morgan fingerprint density at radius 2 is 2.19 bits per heavy atom. The van der Waals surface area contributed by atoms with E-state index in [-0.39, 0.29) is 0 Å². The van der Waals surface area contributed by atoms with Gasteiger partial charge in [0.05, 0.1) is 13.2 Å². The van der Waals surface area contributed by atoms with Gasteiger partial charge in [-0.2, -0.15) is 0 Å². The van der Waals surface area contributed by atoms with Crippen molar-refractivity contribution in [3.63, 3.8) is 0 Å². The molecule has 0 bridgehead atoms. The SMILES string of the molecule is COc1cccc(-c2nnc3n2NC2CCCCC2S3)c1. The molecule has 1 fully saturated rings. The van der Waals surface area contributed by atoms with E-state index >= 15 is 0 Å². The zero-order valence-electron chi connectivity index (χ0n) is 12.0. The molecule has 2 aromatic rings. The summed E-state index contributed by atoms with van der Waals surface area (Å²) in [6.45, 7) is 0. The molecule has 110 valence electrons. The van der Waals surface area contributed by atoms with Gasteiger partial charge in [-0.1, -0.05) is 36.7 Å². The van der Waals surface area contributed by atoms with Crippen molar-refractivity contribution in [3.8, 4) is 17.1 Å². The number of ether oxygens (including phenoxy) is 1. The first-order valence-corrected chi connectivity index (χ1v) is 8.26. The monoisotopic (exact) mass is 302 g/mol. The van der Waals surface area contributed by atoms with Crippen LogP contribution in [0.3, 0.4) is 0 Å². The highest BCUT2D eigenvalue weighted by Crippen LogP contribution is 2.38. The molecule has 1 N–H and O–H groups in total. The van der Waals surface area contributed by atoms with E-state index in [1.165, 1.54) is 25.7 Å². The molecule has 6 heteroatoms. The van der Waals surface area contributed by atoms with Crippen molar-refractivity contribution in [2.45, 2.75) is 42.1 Å². The first-order chi connectivity index (χ1) is 10.3. The second-order valence-corrected chi connectivity index (χ2v) is 6.76. The van der Waals surface area contributed by atoms with Crippen molar-refractivity contribution < 1.29 is 4.74 Å². The maximum atomic E-state index is 5.30. The molecule has 21 heavy (non-hydrogen) atoms. The van der Waals surface area contributed by atoms with Gasteiger partial charge in [0.15, 0.2) is 5.82 Å². The smallest absolute Gasteiger partial charge is 0.210 e. The molecule has 1 aliphatic heterocycles. The molecule has 2 unspecified atom stereocenters. The Hall–Kier alpha value is -1.69. The van der Waals surface area contributed by atoms with Crippen molar-refractivity contribution in [3.05, 3.63) is 24.3 Å². The highest BCUT2D eigenvalue weighted by molar-refractivity contribution is 7.99. The van der Waals surface area contributed by atoms with Gasteiger partial charge in [-0.05, 0) is 25.0 Å². The van der Waals surface area contributed by atoms with Crippen molar-refractivity contribution in [2.24, 2.45) is 0 Å². The number of methoxy groups -OCH3 is 1. The van der Waals surface area contributed by atoms with Crippen LogP contribution in [-0.4, -0.2) is 33.3 Å². The van der Waals surface area contributed by atoms with E-state index in [0.717, 1.165) is 22.3 Å². The molecule has 0 radical (unpaired) electrons.